The van der Waals surface area contributed by atoms with Gasteiger partial charge in [-0.1, -0.05) is 43.2 Å². The number of amides is 1. The van der Waals surface area contributed by atoms with Gasteiger partial charge in [-0.15, -0.1) is 0 Å². The molecule has 1 aromatic heterocycles. The van der Waals surface area contributed by atoms with Crippen molar-refractivity contribution in [1.29, 1.82) is 0 Å². The van der Waals surface area contributed by atoms with Crippen LogP contribution in [0.1, 0.15) is 46.0 Å². The molecule has 0 bridgehead atoms. The van der Waals surface area contributed by atoms with E-state index in [0.717, 1.165) is 67.2 Å². The van der Waals surface area contributed by atoms with Crippen LogP contribution in [0.2, 0.25) is 0 Å². The minimum atomic E-state index is 0.136. The number of thioether (sulfide) groups is 1. The molecule has 2 atom stereocenters. The molecule has 0 N–H and O–H groups in total. The van der Waals surface area contributed by atoms with E-state index in [0.29, 0.717) is 5.75 Å². The van der Waals surface area contributed by atoms with Crippen molar-refractivity contribution >= 4 is 34.5 Å². The Bertz CT molecular complexity index is 980. The molecule has 1 amide bonds. The standard InChI is InChI=1S/C26H37N5O2S/c1-19-16-31(17-20(2)33-19)25-26(28-23-11-7-6-10-22(23)27-25)34-18-24(32)30-14-12-29(13-15-30)21-8-4-3-5-9-21/h6-7,10-11,19-21H,3-5,8-9,12-18H2,1-2H3/t19-,20-/m1/s1. The second-order valence-corrected chi connectivity index (χ2v) is 11.0. The predicted molar refractivity (Wildman–Crippen MR) is 138 cm³/mol. The third-order valence-corrected chi connectivity index (χ3v) is 8.27. The fourth-order valence-electron chi connectivity index (χ4n) is 5.63. The smallest absolute Gasteiger partial charge is 0.233 e. The van der Waals surface area contributed by atoms with E-state index in [-0.39, 0.29) is 18.1 Å². The number of benzene rings is 1. The number of rotatable bonds is 5. The number of carbonyl (C=O) groups is 1. The molecule has 1 aromatic carbocycles. The van der Waals surface area contributed by atoms with E-state index in [1.165, 1.54) is 43.9 Å². The highest BCUT2D eigenvalue weighted by molar-refractivity contribution is 8.00. The highest BCUT2D eigenvalue weighted by Gasteiger charge is 2.29. The fourth-order valence-corrected chi connectivity index (χ4v) is 6.54. The first-order valence-corrected chi connectivity index (χ1v) is 13.9. The van der Waals surface area contributed by atoms with Gasteiger partial charge in [0.05, 0.1) is 29.0 Å². The topological polar surface area (TPSA) is 61.8 Å². The molecule has 1 aliphatic carbocycles. The predicted octanol–water partition coefficient (Wildman–Crippen LogP) is 3.81. The van der Waals surface area contributed by atoms with E-state index < -0.39 is 0 Å². The van der Waals surface area contributed by atoms with Crippen molar-refractivity contribution in [2.24, 2.45) is 0 Å². The molecule has 1 saturated carbocycles. The van der Waals surface area contributed by atoms with E-state index in [4.69, 9.17) is 14.7 Å². The van der Waals surface area contributed by atoms with Crippen molar-refractivity contribution in [3.8, 4) is 0 Å². The number of anilines is 1. The van der Waals surface area contributed by atoms with Crippen LogP contribution in [0, 0.1) is 0 Å². The Hall–Kier alpha value is -1.90. The van der Waals surface area contributed by atoms with Gasteiger partial charge in [0.2, 0.25) is 5.91 Å². The van der Waals surface area contributed by atoms with Gasteiger partial charge in [-0.3, -0.25) is 9.69 Å². The van der Waals surface area contributed by atoms with E-state index in [9.17, 15) is 4.79 Å². The van der Waals surface area contributed by atoms with Crippen molar-refractivity contribution in [2.75, 3.05) is 49.9 Å². The number of hydrogen-bond donors (Lipinski definition) is 0. The van der Waals surface area contributed by atoms with Crippen LogP contribution in [0.5, 0.6) is 0 Å². The van der Waals surface area contributed by atoms with Crippen LogP contribution in [-0.4, -0.2) is 88.9 Å². The summed E-state index contributed by atoms with van der Waals surface area (Å²) < 4.78 is 5.93. The monoisotopic (exact) mass is 483 g/mol. The van der Waals surface area contributed by atoms with Gasteiger partial charge in [-0.25, -0.2) is 9.97 Å². The Morgan fingerprint density at radius 1 is 0.971 bits per heavy atom. The van der Waals surface area contributed by atoms with Crippen molar-refractivity contribution in [2.45, 2.75) is 69.2 Å². The van der Waals surface area contributed by atoms with Crippen LogP contribution >= 0.6 is 11.8 Å². The van der Waals surface area contributed by atoms with Gasteiger partial charge in [0.15, 0.2) is 5.82 Å². The highest BCUT2D eigenvalue weighted by atomic mass is 32.2. The molecule has 184 valence electrons. The Labute approximate surface area is 207 Å². The Kier molecular flexibility index (Phi) is 7.56. The summed E-state index contributed by atoms with van der Waals surface area (Å²) in [6, 6.07) is 8.71. The van der Waals surface area contributed by atoms with Crippen molar-refractivity contribution in [3.05, 3.63) is 24.3 Å². The first-order valence-electron chi connectivity index (χ1n) is 12.9. The molecule has 7 nitrogen and oxygen atoms in total. The first kappa shape index (κ1) is 23.8. The molecule has 0 unspecified atom stereocenters. The molecule has 0 radical (unpaired) electrons. The molecule has 0 spiro atoms. The van der Waals surface area contributed by atoms with Gasteiger partial charge < -0.3 is 14.5 Å². The molecule has 8 heteroatoms. The number of hydrogen-bond acceptors (Lipinski definition) is 7. The van der Waals surface area contributed by atoms with Crippen LogP contribution in [0.4, 0.5) is 5.82 Å². The van der Waals surface area contributed by atoms with Gasteiger partial charge in [0.25, 0.3) is 0 Å². The zero-order valence-electron chi connectivity index (χ0n) is 20.5. The van der Waals surface area contributed by atoms with Gasteiger partial charge in [-0.05, 0) is 38.8 Å². The Balaban J connectivity index is 1.25. The number of para-hydroxylation sites is 2. The lowest BCUT2D eigenvalue weighted by Gasteiger charge is -2.40. The summed E-state index contributed by atoms with van der Waals surface area (Å²) in [5.74, 6) is 1.48. The number of nitrogens with zero attached hydrogens (tertiary/aromatic N) is 5. The molecule has 2 aromatic rings. The van der Waals surface area contributed by atoms with Crippen LogP contribution < -0.4 is 4.90 Å². The van der Waals surface area contributed by atoms with Gasteiger partial charge >= 0.3 is 0 Å². The Morgan fingerprint density at radius 3 is 2.29 bits per heavy atom. The van der Waals surface area contributed by atoms with Crippen molar-refractivity contribution in [3.63, 3.8) is 0 Å². The average molecular weight is 484 g/mol. The zero-order valence-corrected chi connectivity index (χ0v) is 21.3. The summed E-state index contributed by atoms with van der Waals surface area (Å²) in [5, 5.41) is 0.842. The largest absolute Gasteiger partial charge is 0.372 e. The number of morpholine rings is 1. The minimum Gasteiger partial charge on any atom is -0.372 e. The van der Waals surface area contributed by atoms with Crippen molar-refractivity contribution in [1.82, 2.24) is 19.8 Å². The SMILES string of the molecule is C[C@@H]1CN(c2nc3ccccc3nc2SCC(=O)N2CCN(C3CCCCC3)CC2)C[C@@H](C)O1. The summed E-state index contributed by atoms with van der Waals surface area (Å²) in [5.41, 5.74) is 1.76. The summed E-state index contributed by atoms with van der Waals surface area (Å²) in [6.07, 6.45) is 7.02. The van der Waals surface area contributed by atoms with E-state index in [2.05, 4.69) is 23.6 Å². The molecular formula is C26H37N5O2S. The highest BCUT2D eigenvalue weighted by Crippen LogP contribution is 2.31. The number of piperazine rings is 1. The maximum atomic E-state index is 13.1. The molecule has 3 heterocycles. The molecule has 2 aliphatic heterocycles. The van der Waals surface area contributed by atoms with Crippen molar-refractivity contribution < 1.29 is 9.53 Å². The third-order valence-electron chi connectivity index (χ3n) is 7.33. The molecule has 3 aliphatic rings. The zero-order chi connectivity index (χ0) is 23.5. The normalized spacial score (nSPS) is 25.1. The van der Waals surface area contributed by atoms with Gasteiger partial charge in [0, 0.05) is 45.3 Å². The number of carbonyl (C=O) groups excluding carboxylic acids is 1. The molecule has 3 fully saturated rings. The van der Waals surface area contributed by atoms with Crippen LogP contribution in [0.3, 0.4) is 0 Å². The number of aromatic nitrogens is 2. The van der Waals surface area contributed by atoms with Gasteiger partial charge in [0.1, 0.15) is 5.03 Å². The van der Waals surface area contributed by atoms with E-state index in [1.54, 1.807) is 0 Å². The van der Waals surface area contributed by atoms with E-state index in [1.807, 2.05) is 29.2 Å². The number of fused-ring (bicyclic) bond motifs is 1. The van der Waals surface area contributed by atoms with Gasteiger partial charge in [-0.2, -0.15) is 0 Å². The quantitative estimate of drug-likeness (QED) is 0.599. The van der Waals surface area contributed by atoms with Crippen LogP contribution in [0.25, 0.3) is 11.0 Å². The maximum absolute atomic E-state index is 13.1. The summed E-state index contributed by atoms with van der Waals surface area (Å²) in [7, 11) is 0. The maximum Gasteiger partial charge on any atom is 0.233 e. The average Bonchev–Trinajstić information content (AvgIpc) is 2.86. The Morgan fingerprint density at radius 2 is 1.62 bits per heavy atom. The third kappa shape index (κ3) is 5.50. The second-order valence-electron chi connectivity index (χ2n) is 10.0. The molecule has 34 heavy (non-hydrogen) atoms. The molecule has 2 saturated heterocycles. The lowest BCUT2D eigenvalue weighted by atomic mass is 9.94. The summed E-state index contributed by atoms with van der Waals surface area (Å²) in [4.78, 5) is 29.9. The fraction of sp³-hybridized carbons (Fsp3) is 0.654. The molecule has 5 rings (SSSR count). The summed E-state index contributed by atoms with van der Waals surface area (Å²) >= 11 is 1.53. The summed E-state index contributed by atoms with van der Waals surface area (Å²) in [6.45, 7) is 9.44. The number of ether oxygens (including phenoxy) is 1. The first-order chi connectivity index (χ1) is 16.6. The minimum absolute atomic E-state index is 0.136. The second kappa shape index (κ2) is 10.8. The van der Waals surface area contributed by atoms with Crippen LogP contribution in [-0.2, 0) is 9.53 Å². The molecular weight excluding hydrogens is 446 g/mol. The van der Waals surface area contributed by atoms with E-state index >= 15 is 0 Å². The van der Waals surface area contributed by atoms with Crippen LogP contribution in [0.15, 0.2) is 29.3 Å². The lowest BCUT2D eigenvalue weighted by Crippen LogP contribution is -2.52. The lowest BCUT2D eigenvalue weighted by molar-refractivity contribution is -0.130.